The van der Waals surface area contributed by atoms with Gasteiger partial charge < -0.3 is 4.42 Å². The molecule has 3 aromatic heterocycles. The van der Waals surface area contributed by atoms with Gasteiger partial charge in [0.25, 0.3) is 0 Å². The molecular weight excluding hydrogens is 631 g/mol. The normalized spacial score (nSPS) is 11.6. The number of nitrogens with zero attached hydrogens (tertiary/aromatic N) is 3. The average molecular weight is 658 g/mol. The SMILES string of the molecule is c1ccc(-c2cccc(-c3nc(-c4ccc5c(c4)oc4ccc(-c6ccccc6)cc45)nc(-c4cccc5c4sc4ccccc45)n3)c2)cc1. The van der Waals surface area contributed by atoms with Crippen LogP contribution in [0.4, 0.5) is 0 Å². The third-order valence-electron chi connectivity index (χ3n) is 9.35. The number of hydrogen-bond donors (Lipinski definition) is 0. The van der Waals surface area contributed by atoms with Crippen molar-refractivity contribution >= 4 is 53.4 Å². The van der Waals surface area contributed by atoms with E-state index in [1.165, 1.54) is 21.0 Å². The van der Waals surface area contributed by atoms with Crippen molar-refractivity contribution in [3.05, 3.63) is 164 Å². The molecule has 0 bridgehead atoms. The third kappa shape index (κ3) is 4.87. The summed E-state index contributed by atoms with van der Waals surface area (Å²) in [5, 5.41) is 4.59. The van der Waals surface area contributed by atoms with E-state index in [0.29, 0.717) is 17.5 Å². The van der Waals surface area contributed by atoms with Crippen molar-refractivity contribution in [1.29, 1.82) is 0 Å². The van der Waals surface area contributed by atoms with Crippen LogP contribution >= 0.6 is 11.3 Å². The summed E-state index contributed by atoms with van der Waals surface area (Å²) in [6.45, 7) is 0. The first-order chi connectivity index (χ1) is 24.7. The maximum absolute atomic E-state index is 6.42. The van der Waals surface area contributed by atoms with Crippen LogP contribution in [-0.2, 0) is 0 Å². The summed E-state index contributed by atoms with van der Waals surface area (Å²) in [5.41, 5.74) is 9.02. The van der Waals surface area contributed by atoms with Gasteiger partial charge in [0.1, 0.15) is 11.2 Å². The third-order valence-corrected chi connectivity index (χ3v) is 10.6. The molecule has 0 saturated carbocycles. The first-order valence-corrected chi connectivity index (χ1v) is 17.4. The lowest BCUT2D eigenvalue weighted by atomic mass is 10.0. The maximum atomic E-state index is 6.42. The van der Waals surface area contributed by atoms with Crippen LogP contribution in [0.3, 0.4) is 0 Å². The van der Waals surface area contributed by atoms with Crippen LogP contribution in [0.2, 0.25) is 0 Å². The van der Waals surface area contributed by atoms with Gasteiger partial charge in [-0.05, 0) is 64.7 Å². The lowest BCUT2D eigenvalue weighted by Gasteiger charge is -2.10. The van der Waals surface area contributed by atoms with Crippen LogP contribution in [0.5, 0.6) is 0 Å². The summed E-state index contributed by atoms with van der Waals surface area (Å²) < 4.78 is 8.83. The number of fused-ring (bicyclic) bond motifs is 6. The summed E-state index contributed by atoms with van der Waals surface area (Å²) in [6.07, 6.45) is 0. The van der Waals surface area contributed by atoms with Crippen molar-refractivity contribution in [3.63, 3.8) is 0 Å². The molecule has 5 heteroatoms. The van der Waals surface area contributed by atoms with Crippen LogP contribution < -0.4 is 0 Å². The molecule has 0 fully saturated rings. The highest BCUT2D eigenvalue weighted by molar-refractivity contribution is 7.26. The molecule has 0 radical (unpaired) electrons. The van der Waals surface area contributed by atoms with E-state index >= 15 is 0 Å². The van der Waals surface area contributed by atoms with Crippen molar-refractivity contribution in [1.82, 2.24) is 15.0 Å². The Morgan fingerprint density at radius 3 is 1.76 bits per heavy atom. The minimum Gasteiger partial charge on any atom is -0.456 e. The molecule has 0 aliphatic carbocycles. The Kier molecular flexibility index (Phi) is 6.64. The predicted molar refractivity (Wildman–Crippen MR) is 207 cm³/mol. The predicted octanol–water partition coefficient (Wildman–Crippen LogP) is 12.5. The molecule has 0 saturated heterocycles. The molecule has 0 aliphatic heterocycles. The Hall–Kier alpha value is -6.43. The van der Waals surface area contributed by atoms with Crippen LogP contribution in [-0.4, -0.2) is 15.0 Å². The quantitative estimate of drug-likeness (QED) is 0.185. The van der Waals surface area contributed by atoms with Crippen molar-refractivity contribution < 1.29 is 4.42 Å². The lowest BCUT2D eigenvalue weighted by molar-refractivity contribution is 0.669. The average Bonchev–Trinajstić information content (AvgIpc) is 3.76. The Labute approximate surface area is 292 Å². The molecule has 234 valence electrons. The molecule has 0 unspecified atom stereocenters. The van der Waals surface area contributed by atoms with Crippen LogP contribution in [0, 0.1) is 0 Å². The van der Waals surface area contributed by atoms with Gasteiger partial charge in [-0.3, -0.25) is 0 Å². The molecule has 7 aromatic carbocycles. The highest BCUT2D eigenvalue weighted by atomic mass is 32.1. The van der Waals surface area contributed by atoms with Gasteiger partial charge in [-0.25, -0.2) is 15.0 Å². The minimum atomic E-state index is 0.598. The highest BCUT2D eigenvalue weighted by Crippen LogP contribution is 2.40. The number of thiophene rings is 1. The standard InChI is InChI=1S/C45H27N3OS/c1-3-11-28(12-4-1)30-15-9-16-32(25-30)43-46-44(48-45(47-43)37-19-10-18-36-35-17-7-8-20-41(35)50-42(36)37)33-21-23-34-38-26-31(29-13-5-2-6-14-29)22-24-39(38)49-40(34)27-33/h1-27H. The van der Waals surface area contributed by atoms with E-state index in [9.17, 15) is 0 Å². The van der Waals surface area contributed by atoms with Gasteiger partial charge in [0.2, 0.25) is 0 Å². The minimum absolute atomic E-state index is 0.598. The number of rotatable bonds is 5. The fourth-order valence-corrected chi connectivity index (χ4v) is 8.08. The maximum Gasteiger partial charge on any atom is 0.165 e. The van der Waals surface area contributed by atoms with E-state index in [0.717, 1.165) is 60.0 Å². The summed E-state index contributed by atoms with van der Waals surface area (Å²) >= 11 is 1.77. The first-order valence-electron chi connectivity index (χ1n) is 16.6. The van der Waals surface area contributed by atoms with Crippen molar-refractivity contribution in [2.75, 3.05) is 0 Å². The van der Waals surface area contributed by atoms with E-state index in [2.05, 4.69) is 152 Å². The zero-order valence-electron chi connectivity index (χ0n) is 26.7. The smallest absolute Gasteiger partial charge is 0.165 e. The van der Waals surface area contributed by atoms with E-state index < -0.39 is 0 Å². The van der Waals surface area contributed by atoms with Gasteiger partial charge in [0.05, 0.1) is 0 Å². The topological polar surface area (TPSA) is 51.8 Å². The Balaban J connectivity index is 1.16. The molecule has 4 nitrogen and oxygen atoms in total. The van der Waals surface area contributed by atoms with Gasteiger partial charge in [-0.2, -0.15) is 0 Å². The largest absolute Gasteiger partial charge is 0.456 e. The number of benzene rings is 7. The van der Waals surface area contributed by atoms with Gasteiger partial charge in [-0.1, -0.05) is 121 Å². The van der Waals surface area contributed by atoms with E-state index in [-0.39, 0.29) is 0 Å². The second-order valence-corrected chi connectivity index (χ2v) is 13.5. The molecule has 0 amide bonds. The Morgan fingerprint density at radius 1 is 0.360 bits per heavy atom. The van der Waals surface area contributed by atoms with Crippen molar-refractivity contribution in [2.24, 2.45) is 0 Å². The second kappa shape index (κ2) is 11.6. The molecule has 50 heavy (non-hydrogen) atoms. The zero-order valence-corrected chi connectivity index (χ0v) is 27.6. The summed E-state index contributed by atoms with van der Waals surface area (Å²) in [4.78, 5) is 15.4. The molecule has 10 rings (SSSR count). The molecule has 10 aromatic rings. The zero-order chi connectivity index (χ0) is 33.0. The van der Waals surface area contributed by atoms with E-state index in [4.69, 9.17) is 19.4 Å². The van der Waals surface area contributed by atoms with Gasteiger partial charge >= 0.3 is 0 Å². The van der Waals surface area contributed by atoms with Crippen molar-refractivity contribution in [3.8, 4) is 56.4 Å². The molecule has 0 aliphatic rings. The number of furan rings is 1. The van der Waals surface area contributed by atoms with Gasteiger partial charge in [-0.15, -0.1) is 11.3 Å². The van der Waals surface area contributed by atoms with Gasteiger partial charge in [0.15, 0.2) is 17.5 Å². The summed E-state index contributed by atoms with van der Waals surface area (Å²) in [7, 11) is 0. The first kappa shape index (κ1) is 28.6. The Bertz CT molecular complexity index is 2870. The van der Waals surface area contributed by atoms with Crippen LogP contribution in [0.1, 0.15) is 0 Å². The van der Waals surface area contributed by atoms with Crippen molar-refractivity contribution in [2.45, 2.75) is 0 Å². The van der Waals surface area contributed by atoms with Crippen LogP contribution in [0.15, 0.2) is 168 Å². The van der Waals surface area contributed by atoms with E-state index in [1.807, 2.05) is 12.1 Å². The number of hydrogen-bond acceptors (Lipinski definition) is 5. The highest BCUT2D eigenvalue weighted by Gasteiger charge is 2.18. The lowest BCUT2D eigenvalue weighted by Crippen LogP contribution is -2.00. The fourth-order valence-electron chi connectivity index (χ4n) is 6.87. The molecule has 0 N–H and O–H groups in total. The second-order valence-electron chi connectivity index (χ2n) is 12.4. The summed E-state index contributed by atoms with van der Waals surface area (Å²) in [6, 6.07) is 56.8. The molecular formula is C45H27N3OS. The monoisotopic (exact) mass is 657 g/mol. The van der Waals surface area contributed by atoms with Crippen LogP contribution in [0.25, 0.3) is 98.5 Å². The van der Waals surface area contributed by atoms with Gasteiger partial charge in [0, 0.05) is 47.6 Å². The number of aromatic nitrogens is 3. The molecule has 0 spiro atoms. The molecule has 0 atom stereocenters. The Morgan fingerprint density at radius 2 is 0.960 bits per heavy atom. The fraction of sp³-hybridized carbons (Fsp3) is 0. The summed E-state index contributed by atoms with van der Waals surface area (Å²) in [5.74, 6) is 1.86. The molecule has 3 heterocycles. The van der Waals surface area contributed by atoms with E-state index in [1.54, 1.807) is 11.3 Å².